The number of hydrogen-bond donors (Lipinski definition) is 2. The number of thiazole rings is 1. The molecule has 1 saturated heterocycles. The van der Waals surface area contributed by atoms with Gasteiger partial charge >= 0.3 is 0 Å². The Bertz CT molecular complexity index is 1370. The highest BCUT2D eigenvalue weighted by atomic mass is 32.1. The van der Waals surface area contributed by atoms with Gasteiger partial charge in [-0.2, -0.15) is 5.10 Å². The van der Waals surface area contributed by atoms with E-state index in [1.54, 1.807) is 24.5 Å². The molecule has 35 heavy (non-hydrogen) atoms. The molecule has 1 fully saturated rings. The van der Waals surface area contributed by atoms with Crippen LogP contribution < -0.4 is 15.4 Å². The molecule has 2 N–H and O–H groups in total. The van der Waals surface area contributed by atoms with Gasteiger partial charge in [-0.15, -0.1) is 0 Å². The number of amides is 1. The summed E-state index contributed by atoms with van der Waals surface area (Å²) in [7, 11) is 0. The number of nitrogens with one attached hydrogen (secondary N) is 2. The van der Waals surface area contributed by atoms with Crippen LogP contribution in [-0.2, 0) is 21.5 Å². The highest BCUT2D eigenvalue weighted by molar-refractivity contribution is 7.22. The number of carbonyl (C=O) groups is 1. The predicted molar refractivity (Wildman–Crippen MR) is 135 cm³/mol. The molecule has 11 heteroatoms. The van der Waals surface area contributed by atoms with Crippen molar-refractivity contribution in [3.05, 3.63) is 42.4 Å². The van der Waals surface area contributed by atoms with Crippen molar-refractivity contribution in [1.82, 2.24) is 24.7 Å². The number of ether oxygens (including phenoxy) is 2. The predicted octanol–water partition coefficient (Wildman–Crippen LogP) is 4.72. The number of carbonyl (C=O) groups excluding carboxylic acids is 1. The van der Waals surface area contributed by atoms with Gasteiger partial charge in [0.15, 0.2) is 10.9 Å². The molecule has 4 aromatic rings. The van der Waals surface area contributed by atoms with Crippen molar-refractivity contribution in [2.45, 2.75) is 39.7 Å². The third-order valence-electron chi connectivity index (χ3n) is 5.43. The molecule has 4 aromatic heterocycles. The Hall–Kier alpha value is -3.57. The topological polar surface area (TPSA) is 116 Å². The molecule has 1 amide bonds. The van der Waals surface area contributed by atoms with Crippen LogP contribution in [0.2, 0.25) is 0 Å². The van der Waals surface area contributed by atoms with E-state index < -0.39 is 0 Å². The molecule has 0 spiro atoms. The molecule has 182 valence electrons. The van der Waals surface area contributed by atoms with Gasteiger partial charge < -0.3 is 20.1 Å². The zero-order valence-electron chi connectivity index (χ0n) is 20.0. The van der Waals surface area contributed by atoms with Gasteiger partial charge in [-0.3, -0.25) is 9.48 Å². The van der Waals surface area contributed by atoms with E-state index >= 15 is 0 Å². The molecule has 5 rings (SSSR count). The molecule has 1 aliphatic heterocycles. The molecule has 0 aromatic carbocycles. The van der Waals surface area contributed by atoms with E-state index in [2.05, 4.69) is 57.1 Å². The van der Waals surface area contributed by atoms with E-state index in [1.165, 1.54) is 24.0 Å². The molecule has 5 heterocycles. The van der Waals surface area contributed by atoms with Crippen molar-refractivity contribution in [2.24, 2.45) is 5.92 Å². The lowest BCUT2D eigenvalue weighted by Gasteiger charge is -2.28. The number of aromatic nitrogens is 5. The number of hydrogen-bond acceptors (Lipinski definition) is 9. The van der Waals surface area contributed by atoms with E-state index in [0.29, 0.717) is 23.4 Å². The lowest BCUT2D eigenvalue weighted by molar-refractivity contribution is -0.114. The summed E-state index contributed by atoms with van der Waals surface area (Å²) in [6.07, 6.45) is 3.24. The number of rotatable bonds is 7. The van der Waals surface area contributed by atoms with Crippen molar-refractivity contribution in [3.8, 4) is 11.6 Å². The summed E-state index contributed by atoms with van der Waals surface area (Å²) in [5.41, 5.74) is 1.90. The number of pyridine rings is 2. The zero-order valence-corrected chi connectivity index (χ0v) is 20.8. The molecule has 1 aliphatic rings. The Balaban J connectivity index is 1.34. The minimum absolute atomic E-state index is 0.0337. The first kappa shape index (κ1) is 23.2. The zero-order chi connectivity index (χ0) is 24.6. The summed E-state index contributed by atoms with van der Waals surface area (Å²) in [5.74, 6) is 2.44. The molecule has 0 bridgehead atoms. The maximum atomic E-state index is 11.3. The molecule has 0 aliphatic carbocycles. The Labute approximate surface area is 206 Å². The minimum Gasteiger partial charge on any atom is -0.439 e. The number of nitrogens with zero attached hydrogens (tertiary/aromatic N) is 5. The fourth-order valence-electron chi connectivity index (χ4n) is 3.73. The van der Waals surface area contributed by atoms with E-state index in [-0.39, 0.29) is 11.3 Å². The molecular formula is C24H27N7O3S. The van der Waals surface area contributed by atoms with Crippen LogP contribution in [0, 0.1) is 5.92 Å². The summed E-state index contributed by atoms with van der Waals surface area (Å²) in [6.45, 7) is 10.4. The van der Waals surface area contributed by atoms with Crippen LogP contribution in [0.25, 0.3) is 10.2 Å². The first-order chi connectivity index (χ1) is 16.7. The van der Waals surface area contributed by atoms with E-state index in [4.69, 9.17) is 14.6 Å². The third kappa shape index (κ3) is 5.41. The second-order valence-electron chi connectivity index (χ2n) is 9.54. The van der Waals surface area contributed by atoms with Crippen molar-refractivity contribution >= 4 is 44.2 Å². The number of fused-ring (bicyclic) bond motifs is 1. The van der Waals surface area contributed by atoms with Crippen LogP contribution in [0.15, 0.2) is 36.7 Å². The number of anilines is 3. The quantitative estimate of drug-likeness (QED) is 0.380. The third-order valence-corrected chi connectivity index (χ3v) is 6.36. The molecule has 10 nitrogen and oxygen atoms in total. The molecular weight excluding hydrogens is 466 g/mol. The Morgan fingerprint density at radius 1 is 1.23 bits per heavy atom. The van der Waals surface area contributed by atoms with Gasteiger partial charge in [-0.1, -0.05) is 32.1 Å². The monoisotopic (exact) mass is 493 g/mol. The molecule has 0 radical (unpaired) electrons. The molecule has 0 unspecified atom stereocenters. The summed E-state index contributed by atoms with van der Waals surface area (Å²) in [4.78, 5) is 24.4. The Kier molecular flexibility index (Phi) is 6.12. The van der Waals surface area contributed by atoms with Gasteiger partial charge in [-0.25, -0.2) is 15.0 Å². The fourth-order valence-corrected chi connectivity index (χ4v) is 4.60. The lowest BCUT2D eigenvalue weighted by atomic mass is 9.92. The maximum Gasteiger partial charge on any atom is 0.222 e. The van der Waals surface area contributed by atoms with Crippen LogP contribution in [0.3, 0.4) is 0 Å². The largest absolute Gasteiger partial charge is 0.439 e. The van der Waals surface area contributed by atoms with E-state index in [0.717, 1.165) is 40.9 Å². The van der Waals surface area contributed by atoms with Crippen LogP contribution in [0.1, 0.15) is 33.4 Å². The average molecular weight is 494 g/mol. The second-order valence-corrected chi connectivity index (χ2v) is 10.6. The maximum absolute atomic E-state index is 11.3. The minimum atomic E-state index is -0.199. The summed E-state index contributed by atoms with van der Waals surface area (Å²) in [6, 6.07) is 7.28. The molecule has 0 atom stereocenters. The second kappa shape index (κ2) is 9.23. The van der Waals surface area contributed by atoms with Crippen molar-refractivity contribution in [1.29, 1.82) is 0 Å². The summed E-state index contributed by atoms with van der Waals surface area (Å²) < 4.78 is 14.2. The highest BCUT2D eigenvalue weighted by Crippen LogP contribution is 2.33. The Morgan fingerprint density at radius 2 is 2.06 bits per heavy atom. The normalized spacial score (nSPS) is 14.1. The van der Waals surface area contributed by atoms with E-state index in [9.17, 15) is 4.79 Å². The van der Waals surface area contributed by atoms with E-state index in [1.807, 2.05) is 6.07 Å². The van der Waals surface area contributed by atoms with Gasteiger partial charge in [0.05, 0.1) is 24.1 Å². The van der Waals surface area contributed by atoms with Gasteiger partial charge in [0.2, 0.25) is 11.8 Å². The van der Waals surface area contributed by atoms with Crippen LogP contribution in [0.4, 0.5) is 16.8 Å². The van der Waals surface area contributed by atoms with Gasteiger partial charge in [0.25, 0.3) is 0 Å². The van der Waals surface area contributed by atoms with Gasteiger partial charge in [0, 0.05) is 54.9 Å². The highest BCUT2D eigenvalue weighted by Gasteiger charge is 2.26. The van der Waals surface area contributed by atoms with Crippen molar-refractivity contribution < 1.29 is 14.3 Å². The average Bonchev–Trinajstić information content (AvgIpc) is 3.33. The first-order valence-electron chi connectivity index (χ1n) is 11.3. The summed E-state index contributed by atoms with van der Waals surface area (Å²) >= 11 is 1.50. The lowest BCUT2D eigenvalue weighted by Crippen LogP contribution is -2.33. The fraction of sp³-hybridized carbons (Fsp3) is 0.375. The van der Waals surface area contributed by atoms with Crippen molar-refractivity contribution in [2.75, 3.05) is 23.8 Å². The van der Waals surface area contributed by atoms with Crippen LogP contribution in [0.5, 0.6) is 11.6 Å². The van der Waals surface area contributed by atoms with Crippen LogP contribution >= 0.6 is 11.3 Å². The van der Waals surface area contributed by atoms with Gasteiger partial charge in [-0.05, 0) is 6.07 Å². The standard InChI is InChI=1S/C24H27N7O3S/c1-14(32)27-20-7-16(5-6-25-20)34-22-8-18-17(10-26-22)28-23(35-18)29-21-9-19(24(2,3)4)31(30-21)11-15-12-33-13-15/h5-10,15H,11-13H2,1-4H3,(H,25,27,32)(H,28,29,30). The molecule has 0 saturated carbocycles. The van der Waals surface area contributed by atoms with Crippen molar-refractivity contribution in [3.63, 3.8) is 0 Å². The van der Waals surface area contributed by atoms with Crippen LogP contribution in [-0.4, -0.2) is 43.9 Å². The first-order valence-corrected chi connectivity index (χ1v) is 12.2. The smallest absolute Gasteiger partial charge is 0.222 e. The summed E-state index contributed by atoms with van der Waals surface area (Å²) in [5, 5.41) is 11.5. The Morgan fingerprint density at radius 3 is 2.77 bits per heavy atom. The van der Waals surface area contributed by atoms with Gasteiger partial charge in [0.1, 0.15) is 17.1 Å². The SMILES string of the molecule is CC(=O)Nc1cc(Oc2cc3sc(Nc4cc(C(C)(C)C)n(CC5COC5)n4)nc3cn2)ccn1.